The van der Waals surface area contributed by atoms with Gasteiger partial charge in [-0.2, -0.15) is 17.6 Å². The molecule has 1 saturated heterocycles. The summed E-state index contributed by atoms with van der Waals surface area (Å²) in [5.74, 6) is -3.67. The lowest BCUT2D eigenvalue weighted by atomic mass is 9.79. The molecule has 23 heavy (non-hydrogen) atoms. The van der Waals surface area contributed by atoms with Crippen LogP contribution in [0.15, 0.2) is 12.1 Å². The maximum absolute atomic E-state index is 13.7. The van der Waals surface area contributed by atoms with Crippen molar-refractivity contribution < 1.29 is 36.0 Å². The SMILES string of the molecule is CC1(C)OB(c2cc(F)c(F)c(OCC(F)(F)F)c2)OC1(C)C. The first-order valence-corrected chi connectivity index (χ1v) is 6.86. The Morgan fingerprint density at radius 1 is 1.04 bits per heavy atom. The third-order valence-electron chi connectivity index (χ3n) is 3.93. The Hall–Kier alpha value is -1.35. The van der Waals surface area contributed by atoms with Crippen molar-refractivity contribution in [3.63, 3.8) is 0 Å². The molecule has 0 spiro atoms. The maximum Gasteiger partial charge on any atom is 0.495 e. The highest BCUT2D eigenvalue weighted by atomic mass is 19.4. The van der Waals surface area contributed by atoms with E-state index in [1.165, 1.54) is 0 Å². The van der Waals surface area contributed by atoms with Crippen LogP contribution in [0.25, 0.3) is 0 Å². The Morgan fingerprint density at radius 2 is 1.57 bits per heavy atom. The van der Waals surface area contributed by atoms with E-state index in [1.807, 2.05) is 0 Å². The van der Waals surface area contributed by atoms with E-state index in [0.29, 0.717) is 0 Å². The normalized spacial score (nSPS) is 20.0. The predicted molar refractivity (Wildman–Crippen MR) is 73.6 cm³/mol. The molecule has 0 N–H and O–H groups in total. The molecule has 0 aliphatic carbocycles. The van der Waals surface area contributed by atoms with Gasteiger partial charge in [-0.25, -0.2) is 4.39 Å². The summed E-state index contributed by atoms with van der Waals surface area (Å²) in [5.41, 5.74) is -1.41. The lowest BCUT2D eigenvalue weighted by Gasteiger charge is -2.32. The molecule has 3 nitrogen and oxygen atoms in total. The van der Waals surface area contributed by atoms with E-state index >= 15 is 0 Å². The number of ether oxygens (including phenoxy) is 1. The first-order valence-electron chi connectivity index (χ1n) is 6.86. The number of alkyl halides is 3. The number of hydrogen-bond donors (Lipinski definition) is 0. The topological polar surface area (TPSA) is 27.7 Å². The summed E-state index contributed by atoms with van der Waals surface area (Å²) in [7, 11) is -1.04. The second-order valence-corrected chi connectivity index (χ2v) is 6.31. The van der Waals surface area contributed by atoms with Crippen LogP contribution in [-0.4, -0.2) is 31.1 Å². The van der Waals surface area contributed by atoms with Gasteiger partial charge in [-0.3, -0.25) is 0 Å². The molecule has 2 rings (SSSR count). The lowest BCUT2D eigenvalue weighted by molar-refractivity contribution is -0.153. The van der Waals surface area contributed by atoms with Gasteiger partial charge in [0.2, 0.25) is 5.82 Å². The summed E-state index contributed by atoms with van der Waals surface area (Å²) in [6.45, 7) is 5.31. The van der Waals surface area contributed by atoms with Gasteiger partial charge in [0.15, 0.2) is 18.2 Å². The third-order valence-corrected chi connectivity index (χ3v) is 3.93. The van der Waals surface area contributed by atoms with Crippen LogP contribution in [0, 0.1) is 11.6 Å². The van der Waals surface area contributed by atoms with Gasteiger partial charge in [0, 0.05) is 0 Å². The Labute approximate surface area is 130 Å². The molecular weight excluding hydrogens is 322 g/mol. The molecule has 0 atom stereocenters. The van der Waals surface area contributed by atoms with Crippen LogP contribution in [0.1, 0.15) is 27.7 Å². The van der Waals surface area contributed by atoms with Gasteiger partial charge in [0.25, 0.3) is 0 Å². The Kier molecular flexibility index (Phi) is 4.40. The van der Waals surface area contributed by atoms with Crippen LogP contribution in [0.4, 0.5) is 22.0 Å². The predicted octanol–water partition coefficient (Wildman–Crippen LogP) is 3.21. The van der Waals surface area contributed by atoms with Crippen LogP contribution in [0.3, 0.4) is 0 Å². The quantitative estimate of drug-likeness (QED) is 0.626. The molecule has 0 bridgehead atoms. The molecule has 1 aromatic carbocycles. The molecular formula is C14H16BF5O3. The standard InChI is InChI=1S/C14H16BF5O3/c1-12(2)13(3,4)23-15(22-12)8-5-9(16)11(17)10(6-8)21-7-14(18,19)20/h5-6H,7H2,1-4H3. The van der Waals surface area contributed by atoms with Crippen molar-refractivity contribution in [2.75, 3.05) is 6.61 Å². The Balaban J connectivity index is 2.29. The van der Waals surface area contributed by atoms with Crippen molar-refractivity contribution in [2.45, 2.75) is 45.1 Å². The molecule has 0 saturated carbocycles. The van der Waals surface area contributed by atoms with Crippen LogP contribution < -0.4 is 10.2 Å². The molecule has 1 heterocycles. The van der Waals surface area contributed by atoms with Crippen LogP contribution in [0.5, 0.6) is 5.75 Å². The zero-order valence-electron chi connectivity index (χ0n) is 13.1. The zero-order chi connectivity index (χ0) is 17.6. The molecule has 9 heteroatoms. The highest BCUT2D eigenvalue weighted by Gasteiger charge is 2.52. The Bertz CT molecular complexity index is 585. The summed E-state index contributed by atoms with van der Waals surface area (Å²) in [5, 5.41) is 0. The van der Waals surface area contributed by atoms with Gasteiger partial charge in [0.05, 0.1) is 11.2 Å². The first kappa shape index (κ1) is 18.0. The molecule has 1 aliphatic rings. The fourth-order valence-corrected chi connectivity index (χ4v) is 1.96. The number of rotatable bonds is 3. The van der Waals surface area contributed by atoms with Gasteiger partial charge in [-0.1, -0.05) is 0 Å². The van der Waals surface area contributed by atoms with E-state index in [9.17, 15) is 22.0 Å². The molecule has 1 aliphatic heterocycles. The van der Waals surface area contributed by atoms with E-state index in [4.69, 9.17) is 9.31 Å². The number of benzene rings is 1. The molecule has 0 amide bonds. The summed E-state index contributed by atoms with van der Waals surface area (Å²) >= 11 is 0. The van der Waals surface area contributed by atoms with E-state index in [1.54, 1.807) is 27.7 Å². The van der Waals surface area contributed by atoms with Crippen molar-refractivity contribution in [1.82, 2.24) is 0 Å². The van der Waals surface area contributed by atoms with Crippen molar-refractivity contribution in [3.05, 3.63) is 23.8 Å². The largest absolute Gasteiger partial charge is 0.495 e. The second kappa shape index (κ2) is 5.63. The Morgan fingerprint density at radius 3 is 2.04 bits per heavy atom. The molecule has 128 valence electrons. The summed E-state index contributed by atoms with van der Waals surface area (Å²) in [6, 6.07) is 1.77. The molecule has 1 aromatic rings. The van der Waals surface area contributed by atoms with Crippen molar-refractivity contribution in [3.8, 4) is 5.75 Å². The van der Waals surface area contributed by atoms with Crippen molar-refractivity contribution in [1.29, 1.82) is 0 Å². The fraction of sp³-hybridized carbons (Fsp3) is 0.571. The van der Waals surface area contributed by atoms with Crippen molar-refractivity contribution in [2.24, 2.45) is 0 Å². The van der Waals surface area contributed by atoms with Gasteiger partial charge in [-0.15, -0.1) is 0 Å². The monoisotopic (exact) mass is 338 g/mol. The van der Waals surface area contributed by atoms with Crippen LogP contribution >= 0.6 is 0 Å². The number of halogens is 5. The molecule has 0 unspecified atom stereocenters. The zero-order valence-corrected chi connectivity index (χ0v) is 13.1. The lowest BCUT2D eigenvalue weighted by Crippen LogP contribution is -2.41. The highest BCUT2D eigenvalue weighted by Crippen LogP contribution is 2.37. The third kappa shape index (κ3) is 3.77. The highest BCUT2D eigenvalue weighted by molar-refractivity contribution is 6.62. The van der Waals surface area contributed by atoms with Crippen molar-refractivity contribution >= 4 is 12.6 Å². The van der Waals surface area contributed by atoms with E-state index in [-0.39, 0.29) is 5.46 Å². The maximum atomic E-state index is 13.7. The fourth-order valence-electron chi connectivity index (χ4n) is 1.96. The molecule has 1 fully saturated rings. The van der Waals surface area contributed by atoms with E-state index in [0.717, 1.165) is 12.1 Å². The minimum absolute atomic E-state index is 0.0414. The minimum Gasteiger partial charge on any atom is -0.481 e. The molecule has 0 radical (unpaired) electrons. The second-order valence-electron chi connectivity index (χ2n) is 6.31. The van der Waals surface area contributed by atoms with Crippen LogP contribution in [-0.2, 0) is 9.31 Å². The minimum atomic E-state index is -4.66. The summed E-state index contributed by atoms with van der Waals surface area (Å²) < 4.78 is 79.5. The average molecular weight is 338 g/mol. The average Bonchev–Trinajstić information content (AvgIpc) is 2.59. The van der Waals surface area contributed by atoms with Gasteiger partial charge in [0.1, 0.15) is 0 Å². The van der Waals surface area contributed by atoms with Crippen LogP contribution in [0.2, 0.25) is 0 Å². The number of hydrogen-bond acceptors (Lipinski definition) is 3. The summed E-state index contributed by atoms with van der Waals surface area (Å²) in [6.07, 6.45) is -4.66. The summed E-state index contributed by atoms with van der Waals surface area (Å²) in [4.78, 5) is 0. The van der Waals surface area contributed by atoms with E-state index < -0.39 is 48.5 Å². The van der Waals surface area contributed by atoms with Gasteiger partial charge >= 0.3 is 13.3 Å². The van der Waals surface area contributed by atoms with Gasteiger partial charge in [-0.05, 0) is 45.3 Å². The smallest absolute Gasteiger partial charge is 0.481 e. The van der Waals surface area contributed by atoms with E-state index in [2.05, 4.69) is 4.74 Å². The van der Waals surface area contributed by atoms with Gasteiger partial charge < -0.3 is 14.0 Å². The molecule has 0 aromatic heterocycles. The first-order chi connectivity index (χ1) is 10.3.